The van der Waals surface area contributed by atoms with Crippen LogP contribution in [0.25, 0.3) is 6.08 Å². The van der Waals surface area contributed by atoms with E-state index in [0.29, 0.717) is 6.42 Å². The molecular weight excluding hydrogens is 344 g/mol. The molecule has 0 fully saturated rings. The van der Waals surface area contributed by atoms with Gasteiger partial charge in [0.15, 0.2) is 5.78 Å². The number of allylic oxidation sites excluding steroid dienone is 3. The summed E-state index contributed by atoms with van der Waals surface area (Å²) in [6, 6.07) is 8.57. The van der Waals surface area contributed by atoms with Gasteiger partial charge < -0.3 is 19.7 Å². The van der Waals surface area contributed by atoms with E-state index in [0.717, 1.165) is 16.9 Å². The molecule has 0 aromatic heterocycles. The maximum Gasteiger partial charge on any atom is 0.193 e. The van der Waals surface area contributed by atoms with Gasteiger partial charge in [-0.15, -0.1) is 0 Å². The van der Waals surface area contributed by atoms with Gasteiger partial charge in [0.2, 0.25) is 0 Å². The van der Waals surface area contributed by atoms with Gasteiger partial charge in [-0.2, -0.15) is 0 Å². The monoisotopic (exact) mass is 368 g/mol. The van der Waals surface area contributed by atoms with Crippen molar-refractivity contribution in [2.75, 3.05) is 14.2 Å². The van der Waals surface area contributed by atoms with Crippen molar-refractivity contribution < 1.29 is 24.5 Å². The van der Waals surface area contributed by atoms with Crippen LogP contribution in [0.4, 0.5) is 0 Å². The van der Waals surface area contributed by atoms with Gasteiger partial charge in [0.1, 0.15) is 28.6 Å². The number of phenols is 2. The number of rotatable bonds is 7. The van der Waals surface area contributed by atoms with Crippen LogP contribution < -0.4 is 9.47 Å². The number of carbonyl (C=O) groups is 1. The van der Waals surface area contributed by atoms with Crippen molar-refractivity contribution in [1.82, 2.24) is 0 Å². The number of ketones is 1. The molecule has 5 nitrogen and oxygen atoms in total. The van der Waals surface area contributed by atoms with E-state index < -0.39 is 5.78 Å². The Labute approximate surface area is 159 Å². The van der Waals surface area contributed by atoms with E-state index in [1.807, 2.05) is 32.1 Å². The second-order valence-corrected chi connectivity index (χ2v) is 6.26. The third-order valence-electron chi connectivity index (χ3n) is 4.07. The molecule has 0 radical (unpaired) electrons. The van der Waals surface area contributed by atoms with Crippen LogP contribution in [0.15, 0.2) is 48.1 Å². The summed E-state index contributed by atoms with van der Waals surface area (Å²) < 4.78 is 10.3. The van der Waals surface area contributed by atoms with Gasteiger partial charge in [-0.1, -0.05) is 29.9 Å². The minimum Gasteiger partial charge on any atom is -0.507 e. The summed E-state index contributed by atoms with van der Waals surface area (Å²) in [4.78, 5) is 12.7. The highest BCUT2D eigenvalue weighted by Gasteiger charge is 2.21. The number of carbonyl (C=O) groups excluding carboxylic acids is 1. The lowest BCUT2D eigenvalue weighted by atomic mass is 9.99. The molecule has 0 unspecified atom stereocenters. The molecule has 0 saturated heterocycles. The third-order valence-corrected chi connectivity index (χ3v) is 4.07. The Kier molecular flexibility index (Phi) is 6.66. The van der Waals surface area contributed by atoms with Crippen molar-refractivity contribution in [2.45, 2.75) is 20.3 Å². The molecule has 2 rings (SSSR count). The van der Waals surface area contributed by atoms with Crippen LogP contribution in [0.1, 0.15) is 35.3 Å². The van der Waals surface area contributed by atoms with Gasteiger partial charge in [0.25, 0.3) is 0 Å². The molecule has 0 aliphatic heterocycles. The average molecular weight is 368 g/mol. The fraction of sp³-hybridized carbons (Fsp3) is 0.227. The zero-order valence-electron chi connectivity index (χ0n) is 15.9. The molecule has 2 N–H and O–H groups in total. The number of phenolic OH excluding ortho intramolecular Hbond substituents is 2. The van der Waals surface area contributed by atoms with Gasteiger partial charge in [-0.3, -0.25) is 4.79 Å². The smallest absolute Gasteiger partial charge is 0.193 e. The molecule has 2 aromatic carbocycles. The molecule has 2 aromatic rings. The Morgan fingerprint density at radius 2 is 1.74 bits per heavy atom. The fourth-order valence-electron chi connectivity index (χ4n) is 2.55. The molecule has 0 spiro atoms. The summed E-state index contributed by atoms with van der Waals surface area (Å²) in [5.41, 5.74) is 2.17. The molecule has 0 amide bonds. The number of hydrogen-bond donors (Lipinski definition) is 2. The molecule has 0 saturated carbocycles. The van der Waals surface area contributed by atoms with Crippen LogP contribution in [-0.2, 0) is 6.42 Å². The second kappa shape index (κ2) is 8.94. The van der Waals surface area contributed by atoms with Crippen LogP contribution in [0.2, 0.25) is 0 Å². The van der Waals surface area contributed by atoms with Gasteiger partial charge in [-0.05, 0) is 44.0 Å². The van der Waals surface area contributed by atoms with Crippen molar-refractivity contribution in [3.63, 3.8) is 0 Å². The molecule has 0 bridgehead atoms. The molecule has 27 heavy (non-hydrogen) atoms. The second-order valence-electron chi connectivity index (χ2n) is 6.26. The Morgan fingerprint density at radius 1 is 1.07 bits per heavy atom. The number of hydrogen-bond acceptors (Lipinski definition) is 5. The maximum absolute atomic E-state index is 12.7. The van der Waals surface area contributed by atoms with Gasteiger partial charge >= 0.3 is 0 Å². The molecule has 5 heteroatoms. The zero-order chi connectivity index (χ0) is 20.0. The first-order chi connectivity index (χ1) is 12.9. The van der Waals surface area contributed by atoms with Crippen LogP contribution >= 0.6 is 0 Å². The minimum absolute atomic E-state index is 0.0252. The molecular formula is C22H24O5. The Bertz CT molecular complexity index is 873. The minimum atomic E-state index is -0.418. The third kappa shape index (κ3) is 4.91. The van der Waals surface area contributed by atoms with Crippen molar-refractivity contribution >= 4 is 11.9 Å². The van der Waals surface area contributed by atoms with Crippen LogP contribution in [0, 0.1) is 0 Å². The quantitative estimate of drug-likeness (QED) is 0.427. The molecule has 0 atom stereocenters. The summed E-state index contributed by atoms with van der Waals surface area (Å²) in [5, 5.41) is 20.8. The molecule has 142 valence electrons. The normalized spacial score (nSPS) is 10.7. The lowest BCUT2D eigenvalue weighted by molar-refractivity contribution is 0.104. The maximum atomic E-state index is 12.7. The van der Waals surface area contributed by atoms with E-state index in [2.05, 4.69) is 0 Å². The van der Waals surface area contributed by atoms with E-state index in [-0.39, 0.29) is 28.4 Å². The van der Waals surface area contributed by atoms with Crippen LogP contribution in [-0.4, -0.2) is 30.2 Å². The van der Waals surface area contributed by atoms with Gasteiger partial charge in [-0.25, -0.2) is 0 Å². The van der Waals surface area contributed by atoms with Crippen LogP contribution in [0.5, 0.6) is 23.0 Å². The average Bonchev–Trinajstić information content (AvgIpc) is 2.65. The Hall–Kier alpha value is -3.21. The molecule has 0 aliphatic carbocycles. The highest BCUT2D eigenvalue weighted by atomic mass is 16.5. The lowest BCUT2D eigenvalue weighted by Gasteiger charge is -2.13. The number of aromatic hydroxyl groups is 2. The number of ether oxygens (including phenoxy) is 2. The van der Waals surface area contributed by atoms with Gasteiger partial charge in [0, 0.05) is 11.6 Å². The summed E-state index contributed by atoms with van der Waals surface area (Å²) in [7, 11) is 2.97. The Morgan fingerprint density at radius 3 is 2.30 bits per heavy atom. The summed E-state index contributed by atoms with van der Waals surface area (Å²) in [5.74, 6) is 0.0421. The predicted octanol–water partition coefficient (Wildman–Crippen LogP) is 4.52. The van der Waals surface area contributed by atoms with E-state index in [4.69, 9.17) is 9.47 Å². The highest BCUT2D eigenvalue weighted by molar-refractivity contribution is 6.11. The Balaban J connectivity index is 2.39. The highest BCUT2D eigenvalue weighted by Crippen LogP contribution is 2.39. The van der Waals surface area contributed by atoms with Crippen molar-refractivity contribution in [3.05, 3.63) is 64.7 Å². The van der Waals surface area contributed by atoms with E-state index in [1.54, 1.807) is 25.3 Å². The van der Waals surface area contributed by atoms with E-state index in [1.165, 1.54) is 19.3 Å². The van der Waals surface area contributed by atoms with Gasteiger partial charge in [0.05, 0.1) is 14.2 Å². The molecule has 0 aliphatic rings. The fourth-order valence-corrected chi connectivity index (χ4v) is 2.55. The number of methoxy groups -OCH3 is 2. The zero-order valence-corrected chi connectivity index (χ0v) is 15.9. The van der Waals surface area contributed by atoms with E-state index >= 15 is 0 Å². The van der Waals surface area contributed by atoms with Crippen molar-refractivity contribution in [1.29, 1.82) is 0 Å². The first-order valence-electron chi connectivity index (χ1n) is 8.49. The number of benzene rings is 2. The largest absolute Gasteiger partial charge is 0.507 e. The standard InChI is InChI=1S/C22H24O5/c1-14(2)5-11-17-19(24)13-20(27-4)21(22(17)25)18(23)12-8-15-6-9-16(26-3)10-7-15/h5-10,12-13,24-25H,11H2,1-4H3/b12-8+. The summed E-state index contributed by atoms with van der Waals surface area (Å²) >= 11 is 0. The van der Waals surface area contributed by atoms with Crippen LogP contribution in [0.3, 0.4) is 0 Å². The van der Waals surface area contributed by atoms with E-state index in [9.17, 15) is 15.0 Å². The first-order valence-corrected chi connectivity index (χ1v) is 8.49. The molecule has 0 heterocycles. The van der Waals surface area contributed by atoms with Crippen molar-refractivity contribution in [2.24, 2.45) is 0 Å². The lowest BCUT2D eigenvalue weighted by Crippen LogP contribution is -2.02. The SMILES string of the molecule is COc1ccc(/C=C/C(=O)c2c(OC)cc(O)c(CC=C(C)C)c2O)cc1. The topological polar surface area (TPSA) is 76.0 Å². The first kappa shape index (κ1) is 20.1. The summed E-state index contributed by atoms with van der Waals surface area (Å²) in [6.45, 7) is 3.84. The van der Waals surface area contributed by atoms with Crippen molar-refractivity contribution in [3.8, 4) is 23.0 Å². The summed E-state index contributed by atoms with van der Waals surface area (Å²) in [6.07, 6.45) is 5.18. The predicted molar refractivity (Wildman–Crippen MR) is 106 cm³/mol.